The van der Waals surface area contributed by atoms with E-state index in [2.05, 4.69) is 10.3 Å². The summed E-state index contributed by atoms with van der Waals surface area (Å²) >= 11 is 0. The molecule has 1 aromatic carbocycles. The molecular formula is C9H7FN2O3. The van der Waals surface area contributed by atoms with Gasteiger partial charge in [-0.15, -0.1) is 0 Å². The maximum absolute atomic E-state index is 13.0. The van der Waals surface area contributed by atoms with Crippen molar-refractivity contribution in [2.75, 3.05) is 12.1 Å². The van der Waals surface area contributed by atoms with Crippen molar-refractivity contribution in [3.8, 4) is 6.07 Å². The number of nitriles is 1. The van der Waals surface area contributed by atoms with Gasteiger partial charge < -0.3 is 5.11 Å². The highest BCUT2D eigenvalue weighted by Crippen LogP contribution is 2.17. The van der Waals surface area contributed by atoms with Crippen LogP contribution in [0.2, 0.25) is 0 Å². The van der Waals surface area contributed by atoms with E-state index in [0.29, 0.717) is 0 Å². The van der Waals surface area contributed by atoms with Gasteiger partial charge in [-0.1, -0.05) is 6.07 Å². The molecule has 0 unspecified atom stereocenters. The van der Waals surface area contributed by atoms with Gasteiger partial charge in [0.05, 0.1) is 5.69 Å². The van der Waals surface area contributed by atoms with E-state index in [1.807, 2.05) is 0 Å². The van der Waals surface area contributed by atoms with Gasteiger partial charge in [0.15, 0.2) is 6.61 Å². The summed E-state index contributed by atoms with van der Waals surface area (Å²) in [5.41, 5.74) is 2.07. The Balaban J connectivity index is 2.73. The summed E-state index contributed by atoms with van der Waals surface area (Å²) in [4.78, 5) is 14.6. The van der Waals surface area contributed by atoms with Gasteiger partial charge in [-0.25, -0.2) is 9.18 Å². The third-order valence-corrected chi connectivity index (χ3v) is 1.50. The summed E-state index contributed by atoms with van der Waals surface area (Å²) in [6, 6.07) is 5.55. The molecule has 0 spiro atoms. The Morgan fingerprint density at radius 3 is 3.00 bits per heavy atom. The fourth-order valence-electron chi connectivity index (χ4n) is 0.898. The third-order valence-electron chi connectivity index (χ3n) is 1.50. The van der Waals surface area contributed by atoms with E-state index in [1.54, 1.807) is 6.07 Å². The van der Waals surface area contributed by atoms with Gasteiger partial charge in [-0.3, -0.25) is 10.3 Å². The van der Waals surface area contributed by atoms with Crippen molar-refractivity contribution >= 4 is 11.7 Å². The van der Waals surface area contributed by atoms with Crippen LogP contribution in [0.15, 0.2) is 18.2 Å². The van der Waals surface area contributed by atoms with E-state index in [0.717, 1.165) is 6.07 Å². The molecule has 15 heavy (non-hydrogen) atoms. The Kier molecular flexibility index (Phi) is 3.60. The van der Waals surface area contributed by atoms with Crippen molar-refractivity contribution in [3.05, 3.63) is 29.6 Å². The first-order chi connectivity index (χ1) is 7.15. The molecule has 2 N–H and O–H groups in total. The molecule has 0 heterocycles. The van der Waals surface area contributed by atoms with Crippen LogP contribution in [0, 0.1) is 17.1 Å². The van der Waals surface area contributed by atoms with Crippen LogP contribution in [0.4, 0.5) is 10.1 Å². The minimum absolute atomic E-state index is 0.0961. The molecule has 0 aromatic heterocycles. The SMILES string of the molecule is N#Cc1c(F)cccc1NOCC(=O)O. The third kappa shape index (κ3) is 2.93. The normalized spacial score (nSPS) is 9.33. The number of hydrogen-bond acceptors (Lipinski definition) is 4. The minimum atomic E-state index is -1.17. The number of carboxylic acid groups (broad SMARTS) is 1. The number of rotatable bonds is 4. The summed E-state index contributed by atoms with van der Waals surface area (Å²) in [7, 11) is 0. The number of hydrogen-bond donors (Lipinski definition) is 2. The molecular weight excluding hydrogens is 203 g/mol. The molecule has 0 saturated heterocycles. The molecule has 0 atom stereocenters. The van der Waals surface area contributed by atoms with Gasteiger partial charge in [0.25, 0.3) is 0 Å². The molecule has 5 nitrogen and oxygen atoms in total. The van der Waals surface area contributed by atoms with Gasteiger partial charge in [-0.05, 0) is 12.1 Å². The molecule has 0 radical (unpaired) electrons. The average molecular weight is 210 g/mol. The molecule has 0 bridgehead atoms. The largest absolute Gasteiger partial charge is 0.479 e. The highest BCUT2D eigenvalue weighted by molar-refractivity contribution is 5.68. The summed E-state index contributed by atoms with van der Waals surface area (Å²) in [5.74, 6) is -1.86. The highest BCUT2D eigenvalue weighted by atomic mass is 19.1. The number of benzene rings is 1. The van der Waals surface area contributed by atoms with Gasteiger partial charge in [0.1, 0.15) is 17.4 Å². The molecule has 1 aromatic rings. The van der Waals surface area contributed by atoms with Gasteiger partial charge in [0, 0.05) is 0 Å². The summed E-state index contributed by atoms with van der Waals surface area (Å²) in [5, 5.41) is 16.9. The zero-order valence-electron chi connectivity index (χ0n) is 7.53. The average Bonchev–Trinajstić information content (AvgIpc) is 2.17. The van der Waals surface area contributed by atoms with E-state index in [9.17, 15) is 9.18 Å². The zero-order chi connectivity index (χ0) is 11.3. The molecule has 0 saturated carbocycles. The van der Waals surface area contributed by atoms with Crippen LogP contribution in [0.3, 0.4) is 0 Å². The fourth-order valence-corrected chi connectivity index (χ4v) is 0.898. The first-order valence-electron chi connectivity index (χ1n) is 3.93. The number of carbonyl (C=O) groups is 1. The molecule has 1 rings (SSSR count). The first-order valence-corrected chi connectivity index (χ1v) is 3.93. The molecule has 0 aliphatic carbocycles. The lowest BCUT2D eigenvalue weighted by molar-refractivity contribution is -0.141. The van der Waals surface area contributed by atoms with Crippen molar-refractivity contribution in [3.63, 3.8) is 0 Å². The maximum Gasteiger partial charge on any atom is 0.332 e. The number of carboxylic acids is 1. The number of anilines is 1. The highest BCUT2D eigenvalue weighted by Gasteiger charge is 2.07. The topological polar surface area (TPSA) is 82.3 Å². The second kappa shape index (κ2) is 4.93. The van der Waals surface area contributed by atoms with E-state index in [-0.39, 0.29) is 11.3 Å². The lowest BCUT2D eigenvalue weighted by atomic mass is 10.2. The molecule has 0 aliphatic rings. The molecule has 78 valence electrons. The van der Waals surface area contributed by atoms with Crippen molar-refractivity contribution in [1.82, 2.24) is 0 Å². The molecule has 0 aliphatic heterocycles. The molecule has 0 fully saturated rings. The second-order valence-electron chi connectivity index (χ2n) is 2.56. The quantitative estimate of drug-likeness (QED) is 0.728. The Hall–Kier alpha value is -2.13. The van der Waals surface area contributed by atoms with Crippen LogP contribution in [0.1, 0.15) is 5.56 Å². The number of halogens is 1. The zero-order valence-corrected chi connectivity index (χ0v) is 7.53. The standard InChI is InChI=1S/C9H7FN2O3/c10-7-2-1-3-8(6(7)4-11)12-15-5-9(13)14/h1-3,12H,5H2,(H,13,14). The lowest BCUT2D eigenvalue weighted by Crippen LogP contribution is -2.12. The summed E-state index contributed by atoms with van der Waals surface area (Å²) < 4.78 is 13.0. The van der Waals surface area contributed by atoms with E-state index in [4.69, 9.17) is 10.4 Å². The smallest absolute Gasteiger partial charge is 0.332 e. The van der Waals surface area contributed by atoms with E-state index in [1.165, 1.54) is 12.1 Å². The van der Waals surface area contributed by atoms with Crippen molar-refractivity contribution in [2.24, 2.45) is 0 Å². The van der Waals surface area contributed by atoms with Crippen LogP contribution in [-0.2, 0) is 9.63 Å². The second-order valence-corrected chi connectivity index (χ2v) is 2.56. The van der Waals surface area contributed by atoms with Gasteiger partial charge in [-0.2, -0.15) is 5.26 Å². The van der Waals surface area contributed by atoms with Crippen LogP contribution in [0.5, 0.6) is 0 Å². The van der Waals surface area contributed by atoms with E-state index >= 15 is 0 Å². The van der Waals surface area contributed by atoms with Crippen molar-refractivity contribution < 1.29 is 19.1 Å². The number of nitrogens with one attached hydrogen (secondary N) is 1. The number of nitrogens with zero attached hydrogens (tertiary/aromatic N) is 1. The first kappa shape index (κ1) is 10.9. The predicted molar refractivity (Wildman–Crippen MR) is 48.3 cm³/mol. The van der Waals surface area contributed by atoms with Gasteiger partial charge in [0.2, 0.25) is 0 Å². The molecule has 6 heteroatoms. The van der Waals surface area contributed by atoms with Crippen molar-refractivity contribution in [1.29, 1.82) is 5.26 Å². The predicted octanol–water partition coefficient (Wildman–Crippen LogP) is 1.13. The number of aliphatic carboxylic acids is 1. The Bertz CT molecular complexity index is 414. The summed E-state index contributed by atoms with van der Waals surface area (Å²) in [6.07, 6.45) is 0. The lowest BCUT2D eigenvalue weighted by Gasteiger charge is -2.06. The summed E-state index contributed by atoms with van der Waals surface area (Å²) in [6.45, 7) is -0.582. The fraction of sp³-hybridized carbons (Fsp3) is 0.111. The Morgan fingerprint density at radius 2 is 2.40 bits per heavy atom. The van der Waals surface area contributed by atoms with E-state index < -0.39 is 18.4 Å². The maximum atomic E-state index is 13.0. The Labute approximate surface area is 84.7 Å². The monoisotopic (exact) mass is 210 g/mol. The minimum Gasteiger partial charge on any atom is -0.479 e. The van der Waals surface area contributed by atoms with Crippen LogP contribution < -0.4 is 5.48 Å². The van der Waals surface area contributed by atoms with Crippen LogP contribution in [-0.4, -0.2) is 17.7 Å². The van der Waals surface area contributed by atoms with Crippen molar-refractivity contribution in [2.45, 2.75) is 0 Å². The van der Waals surface area contributed by atoms with Crippen LogP contribution >= 0.6 is 0 Å². The van der Waals surface area contributed by atoms with Crippen LogP contribution in [0.25, 0.3) is 0 Å². The molecule has 0 amide bonds. The Morgan fingerprint density at radius 1 is 1.67 bits per heavy atom. The van der Waals surface area contributed by atoms with Gasteiger partial charge >= 0.3 is 5.97 Å².